The monoisotopic (exact) mass is 357 g/mol. The van der Waals surface area contributed by atoms with E-state index in [-0.39, 0.29) is 36.1 Å². The van der Waals surface area contributed by atoms with Crippen LogP contribution in [0.25, 0.3) is 10.2 Å². The van der Waals surface area contributed by atoms with Gasteiger partial charge < -0.3 is 5.32 Å². The number of hydrogen-bond donors (Lipinski definition) is 1. The Labute approximate surface area is 149 Å². The van der Waals surface area contributed by atoms with E-state index in [4.69, 9.17) is 0 Å². The molecule has 3 amide bonds. The molecule has 1 saturated heterocycles. The summed E-state index contributed by atoms with van der Waals surface area (Å²) in [6.45, 7) is 1.78. The number of nitrogens with zero attached hydrogens (tertiary/aromatic N) is 2. The van der Waals surface area contributed by atoms with E-state index in [0.29, 0.717) is 5.13 Å². The van der Waals surface area contributed by atoms with Crippen LogP contribution < -0.4 is 5.32 Å². The van der Waals surface area contributed by atoms with Gasteiger partial charge in [0.15, 0.2) is 5.13 Å². The smallest absolute Gasteiger partial charge is 0.246 e. The quantitative estimate of drug-likeness (QED) is 0.857. The standard InChI is InChI=1S/C18H19N3O3S/c1-10-6-7-13-14(8-10)25-18(19-13)20-15(22)9-21-16(23)11-4-2-3-5-12(11)17(21)24/h6-8,11-12H,2-5,9H2,1H3,(H,19,20,22)/t11-,12+. The van der Waals surface area contributed by atoms with Gasteiger partial charge in [-0.05, 0) is 37.5 Å². The van der Waals surface area contributed by atoms with Crippen LogP contribution in [-0.4, -0.2) is 34.2 Å². The van der Waals surface area contributed by atoms with Crippen LogP contribution in [0, 0.1) is 18.8 Å². The molecule has 25 heavy (non-hydrogen) atoms. The lowest BCUT2D eigenvalue weighted by molar-refractivity contribution is -0.142. The summed E-state index contributed by atoms with van der Waals surface area (Å²) in [7, 11) is 0. The number of nitrogens with one attached hydrogen (secondary N) is 1. The summed E-state index contributed by atoms with van der Waals surface area (Å²) in [5.74, 6) is -1.20. The van der Waals surface area contributed by atoms with Crippen LogP contribution in [0.2, 0.25) is 0 Å². The number of imide groups is 1. The van der Waals surface area contributed by atoms with Gasteiger partial charge in [-0.25, -0.2) is 4.98 Å². The lowest BCUT2D eigenvalue weighted by Crippen LogP contribution is -2.38. The fraction of sp³-hybridized carbons (Fsp3) is 0.444. The molecule has 1 aliphatic heterocycles. The first kappa shape index (κ1) is 16.2. The van der Waals surface area contributed by atoms with Crippen molar-refractivity contribution in [2.24, 2.45) is 11.8 Å². The van der Waals surface area contributed by atoms with Crippen LogP contribution in [0.1, 0.15) is 31.2 Å². The number of aromatic nitrogens is 1. The summed E-state index contributed by atoms with van der Waals surface area (Å²) in [6.07, 6.45) is 3.46. The van der Waals surface area contributed by atoms with Gasteiger partial charge in [-0.1, -0.05) is 30.2 Å². The molecule has 6 nitrogen and oxygen atoms in total. The molecular weight excluding hydrogens is 338 g/mol. The molecule has 1 aromatic heterocycles. The fourth-order valence-electron chi connectivity index (χ4n) is 3.77. The summed E-state index contributed by atoms with van der Waals surface area (Å²) in [5.41, 5.74) is 1.95. The van der Waals surface area contributed by atoms with Crippen LogP contribution in [-0.2, 0) is 14.4 Å². The zero-order valence-corrected chi connectivity index (χ0v) is 14.8. The van der Waals surface area contributed by atoms with Crippen LogP contribution in [0.15, 0.2) is 18.2 Å². The van der Waals surface area contributed by atoms with E-state index < -0.39 is 0 Å². The van der Waals surface area contributed by atoms with E-state index in [1.54, 1.807) is 0 Å². The van der Waals surface area contributed by atoms with Crippen molar-refractivity contribution >= 4 is 44.4 Å². The lowest BCUT2D eigenvalue weighted by Gasteiger charge is -2.19. The second kappa shape index (κ2) is 6.22. The first-order valence-electron chi connectivity index (χ1n) is 8.55. The van der Waals surface area contributed by atoms with Crippen molar-refractivity contribution < 1.29 is 14.4 Å². The second-order valence-corrected chi connectivity index (χ2v) is 7.83. The number of anilines is 1. The number of carbonyl (C=O) groups excluding carboxylic acids is 3. The minimum Gasteiger partial charge on any atom is -0.300 e. The van der Waals surface area contributed by atoms with E-state index >= 15 is 0 Å². The van der Waals surface area contributed by atoms with E-state index in [1.807, 2.05) is 25.1 Å². The highest BCUT2D eigenvalue weighted by Crippen LogP contribution is 2.38. The molecular formula is C18H19N3O3S. The summed E-state index contributed by atoms with van der Waals surface area (Å²) < 4.78 is 0.995. The predicted octanol–water partition coefficient (Wildman–Crippen LogP) is 2.72. The zero-order chi connectivity index (χ0) is 17.6. The molecule has 130 valence electrons. The number of benzene rings is 1. The third-order valence-corrected chi connectivity index (χ3v) is 5.96. The van der Waals surface area contributed by atoms with Crippen molar-refractivity contribution in [2.75, 3.05) is 11.9 Å². The SMILES string of the molecule is Cc1ccc2nc(NC(=O)CN3C(=O)[C@H]4CCCC[C@H]4C3=O)sc2c1. The molecule has 0 bridgehead atoms. The van der Waals surface area contributed by atoms with Crippen molar-refractivity contribution in [3.05, 3.63) is 23.8 Å². The lowest BCUT2D eigenvalue weighted by atomic mass is 9.81. The predicted molar refractivity (Wildman–Crippen MR) is 95.2 cm³/mol. The number of carbonyl (C=O) groups is 3. The average Bonchev–Trinajstić information content (AvgIpc) is 3.09. The minimum absolute atomic E-state index is 0.190. The molecule has 2 aromatic rings. The van der Waals surface area contributed by atoms with Gasteiger partial charge in [-0.15, -0.1) is 0 Å². The Morgan fingerprint density at radius 3 is 2.60 bits per heavy atom. The van der Waals surface area contributed by atoms with Crippen LogP contribution in [0.4, 0.5) is 5.13 Å². The van der Waals surface area contributed by atoms with Crippen molar-refractivity contribution in [1.29, 1.82) is 0 Å². The molecule has 2 aliphatic rings. The maximum Gasteiger partial charge on any atom is 0.246 e. The van der Waals surface area contributed by atoms with E-state index in [1.165, 1.54) is 11.3 Å². The number of aryl methyl sites for hydroxylation is 1. The molecule has 0 radical (unpaired) electrons. The largest absolute Gasteiger partial charge is 0.300 e. The highest BCUT2D eigenvalue weighted by molar-refractivity contribution is 7.22. The Morgan fingerprint density at radius 2 is 1.92 bits per heavy atom. The molecule has 0 unspecified atom stereocenters. The number of amides is 3. The highest BCUT2D eigenvalue weighted by atomic mass is 32.1. The Balaban J connectivity index is 1.46. The third-order valence-electron chi connectivity index (χ3n) is 5.02. The normalized spacial score (nSPS) is 23.2. The topological polar surface area (TPSA) is 79.4 Å². The van der Waals surface area contributed by atoms with Gasteiger partial charge in [0, 0.05) is 0 Å². The molecule has 2 atom stereocenters. The van der Waals surface area contributed by atoms with Gasteiger partial charge >= 0.3 is 0 Å². The van der Waals surface area contributed by atoms with Crippen molar-refractivity contribution in [3.63, 3.8) is 0 Å². The van der Waals surface area contributed by atoms with Gasteiger partial charge in [0.1, 0.15) is 6.54 Å². The van der Waals surface area contributed by atoms with Gasteiger partial charge in [-0.2, -0.15) is 0 Å². The number of likely N-dealkylation sites (tertiary alicyclic amines) is 1. The van der Waals surface area contributed by atoms with E-state index in [2.05, 4.69) is 10.3 Å². The zero-order valence-electron chi connectivity index (χ0n) is 13.9. The maximum atomic E-state index is 12.4. The molecule has 4 rings (SSSR count). The summed E-state index contributed by atoms with van der Waals surface area (Å²) >= 11 is 1.39. The number of rotatable bonds is 3. The summed E-state index contributed by atoms with van der Waals surface area (Å²) in [6, 6.07) is 5.90. The first-order valence-corrected chi connectivity index (χ1v) is 9.37. The van der Waals surface area contributed by atoms with Crippen molar-refractivity contribution in [3.8, 4) is 0 Å². The van der Waals surface area contributed by atoms with Gasteiger partial charge in [0.2, 0.25) is 17.7 Å². The molecule has 1 aliphatic carbocycles. The summed E-state index contributed by atoms with van der Waals surface area (Å²) in [4.78, 5) is 42.7. The number of fused-ring (bicyclic) bond motifs is 2. The van der Waals surface area contributed by atoms with Gasteiger partial charge in [0.25, 0.3) is 0 Å². The molecule has 7 heteroatoms. The maximum absolute atomic E-state index is 12.4. The van der Waals surface area contributed by atoms with E-state index in [9.17, 15) is 14.4 Å². The van der Waals surface area contributed by atoms with Crippen LogP contribution in [0.3, 0.4) is 0 Å². The molecule has 2 fully saturated rings. The Morgan fingerprint density at radius 1 is 1.24 bits per heavy atom. The summed E-state index contributed by atoms with van der Waals surface area (Å²) in [5, 5.41) is 3.21. The molecule has 1 saturated carbocycles. The van der Waals surface area contributed by atoms with Crippen molar-refractivity contribution in [1.82, 2.24) is 9.88 Å². The van der Waals surface area contributed by atoms with Gasteiger partial charge in [-0.3, -0.25) is 19.3 Å². The van der Waals surface area contributed by atoms with Crippen molar-refractivity contribution in [2.45, 2.75) is 32.6 Å². The number of hydrogen-bond acceptors (Lipinski definition) is 5. The molecule has 2 heterocycles. The molecule has 1 aromatic carbocycles. The van der Waals surface area contributed by atoms with Crippen LogP contribution in [0.5, 0.6) is 0 Å². The average molecular weight is 357 g/mol. The minimum atomic E-state index is -0.379. The number of thiazole rings is 1. The van der Waals surface area contributed by atoms with Gasteiger partial charge in [0.05, 0.1) is 22.1 Å². The highest BCUT2D eigenvalue weighted by Gasteiger charge is 2.48. The fourth-order valence-corrected chi connectivity index (χ4v) is 4.75. The third kappa shape index (κ3) is 2.93. The van der Waals surface area contributed by atoms with Crippen LogP contribution >= 0.6 is 11.3 Å². The second-order valence-electron chi connectivity index (χ2n) is 6.80. The molecule has 1 N–H and O–H groups in total. The molecule has 0 spiro atoms. The Hall–Kier alpha value is -2.28. The van der Waals surface area contributed by atoms with E-state index in [0.717, 1.165) is 46.4 Å². The first-order chi connectivity index (χ1) is 12.0. The Kier molecular flexibility index (Phi) is 4.03. The Bertz CT molecular complexity index is 852.